The Morgan fingerprint density at radius 3 is 0.816 bits per heavy atom. The fraction of sp³-hybridized carbons (Fsp3) is 0. The topological polar surface area (TPSA) is 53.5 Å². The lowest BCUT2D eigenvalue weighted by Gasteiger charge is -2.22. The van der Waals surface area contributed by atoms with E-state index in [0.717, 1.165) is 122 Å². The number of aromatic nitrogens is 6. The fourth-order valence-corrected chi connectivity index (χ4v) is 13.2. The molecule has 0 aliphatic carbocycles. The molecule has 87 heavy (non-hydrogen) atoms. The zero-order valence-electron chi connectivity index (χ0n) is 47.2. The normalized spacial score (nSPS) is 11.7. The Kier molecular flexibility index (Phi) is 11.8. The van der Waals surface area contributed by atoms with Gasteiger partial charge in [-0.3, -0.25) is 0 Å². The number of hydrogen-bond acceptors (Lipinski definition) is 3. The summed E-state index contributed by atoms with van der Waals surface area (Å²) < 4.78 is 7.42. The van der Waals surface area contributed by atoms with Gasteiger partial charge in [0.25, 0.3) is 0 Å². The molecule has 0 saturated heterocycles. The molecule has 0 N–H and O–H groups in total. The summed E-state index contributed by atoms with van der Waals surface area (Å²) in [6.45, 7) is 0. The molecular formula is C81H52N6. The van der Waals surface area contributed by atoms with Crippen molar-refractivity contribution in [2.45, 2.75) is 0 Å². The van der Waals surface area contributed by atoms with Crippen molar-refractivity contribution in [2.24, 2.45) is 0 Å². The van der Waals surface area contributed by atoms with Crippen LogP contribution < -0.4 is 0 Å². The van der Waals surface area contributed by atoms with Crippen LogP contribution >= 0.6 is 0 Å². The number of benzene rings is 13. The third-order valence-corrected chi connectivity index (χ3v) is 17.3. The summed E-state index contributed by atoms with van der Waals surface area (Å²) in [6.07, 6.45) is 0. The van der Waals surface area contributed by atoms with Crippen LogP contribution in [0.25, 0.3) is 161 Å². The summed E-state index contributed by atoms with van der Waals surface area (Å²) in [7, 11) is 0. The van der Waals surface area contributed by atoms with Gasteiger partial charge in [-0.2, -0.15) is 0 Å². The van der Waals surface area contributed by atoms with Gasteiger partial charge in [-0.1, -0.05) is 255 Å². The van der Waals surface area contributed by atoms with Crippen molar-refractivity contribution >= 4 is 65.4 Å². The van der Waals surface area contributed by atoms with E-state index in [2.05, 4.69) is 293 Å². The fourth-order valence-electron chi connectivity index (χ4n) is 13.2. The third kappa shape index (κ3) is 8.45. The average molecular weight is 1110 g/mol. The predicted octanol–water partition coefficient (Wildman–Crippen LogP) is 20.8. The molecule has 4 aromatic heterocycles. The lowest BCUT2D eigenvalue weighted by molar-refractivity contribution is 1.07. The molecule has 13 aromatic carbocycles. The Labute approximate surface area is 502 Å². The molecular weight excluding hydrogens is 1060 g/mol. The second-order valence-corrected chi connectivity index (χ2v) is 22.3. The van der Waals surface area contributed by atoms with Gasteiger partial charge < -0.3 is 13.7 Å². The summed E-state index contributed by atoms with van der Waals surface area (Å²) in [5.41, 5.74) is 21.3. The number of hydrogen-bond donors (Lipinski definition) is 0. The molecule has 6 nitrogen and oxygen atoms in total. The summed E-state index contributed by atoms with van der Waals surface area (Å²) in [5.74, 6) is 1.77. The molecule has 0 fully saturated rings. The molecule has 6 heteroatoms. The zero-order chi connectivity index (χ0) is 57.4. The summed E-state index contributed by atoms with van der Waals surface area (Å²) >= 11 is 0. The second-order valence-electron chi connectivity index (χ2n) is 22.3. The van der Waals surface area contributed by atoms with E-state index in [1.165, 1.54) is 21.5 Å². The van der Waals surface area contributed by atoms with Crippen molar-refractivity contribution in [3.8, 4) is 95.7 Å². The van der Waals surface area contributed by atoms with Crippen molar-refractivity contribution in [3.05, 3.63) is 315 Å². The molecule has 0 aliphatic rings. The van der Waals surface area contributed by atoms with Crippen molar-refractivity contribution in [1.82, 2.24) is 28.7 Å². The van der Waals surface area contributed by atoms with Crippen LogP contribution in [0.3, 0.4) is 0 Å². The first-order valence-electron chi connectivity index (χ1n) is 29.6. The number of rotatable bonds is 10. The van der Waals surface area contributed by atoms with Crippen LogP contribution in [0, 0.1) is 0 Å². The highest BCUT2D eigenvalue weighted by Gasteiger charge is 2.26. The standard InChI is InChI=1S/C81H52N6/c1-5-21-53(22-6-1)55-37-41-57(42-38-55)70-49-61(81-83-79(59-25-9-3-10-26-59)82-80(84-81)60-27-11-4-12-28-60)50-71(58-43-39-56(40-44-58)54-23-7-2-8-24-54)78(70)87-76-51-62(85-72-33-17-13-29-64(72)65-30-14-18-34-73(65)85)45-47-68(76)69-48-46-63(52-77(69)87)86-74-35-19-15-31-66(74)67-32-16-20-36-75(67)86/h1-52H. The quantitative estimate of drug-likeness (QED) is 0.137. The maximum absolute atomic E-state index is 5.41. The van der Waals surface area contributed by atoms with E-state index in [1.807, 2.05) is 36.4 Å². The summed E-state index contributed by atoms with van der Waals surface area (Å²) in [6, 6.07) is 114. The van der Waals surface area contributed by atoms with E-state index in [-0.39, 0.29) is 0 Å². The van der Waals surface area contributed by atoms with E-state index >= 15 is 0 Å². The van der Waals surface area contributed by atoms with E-state index in [0.29, 0.717) is 17.5 Å². The molecule has 0 amide bonds. The lowest BCUT2D eigenvalue weighted by atomic mass is 9.91. The Morgan fingerprint density at radius 1 is 0.184 bits per heavy atom. The van der Waals surface area contributed by atoms with E-state index in [4.69, 9.17) is 15.0 Å². The predicted molar refractivity (Wildman–Crippen MR) is 361 cm³/mol. The van der Waals surface area contributed by atoms with E-state index < -0.39 is 0 Å². The van der Waals surface area contributed by atoms with Crippen LogP contribution in [0.2, 0.25) is 0 Å². The van der Waals surface area contributed by atoms with Crippen molar-refractivity contribution < 1.29 is 0 Å². The molecule has 4 heterocycles. The first-order valence-corrected chi connectivity index (χ1v) is 29.6. The van der Waals surface area contributed by atoms with E-state index in [1.54, 1.807) is 0 Å². The summed E-state index contributed by atoms with van der Waals surface area (Å²) in [4.78, 5) is 16.0. The smallest absolute Gasteiger partial charge is 0.164 e. The first kappa shape index (κ1) is 49.8. The van der Waals surface area contributed by atoms with Gasteiger partial charge in [-0.05, 0) is 94.0 Å². The van der Waals surface area contributed by atoms with Gasteiger partial charge in [0.05, 0.1) is 38.8 Å². The highest BCUT2D eigenvalue weighted by molar-refractivity contribution is 6.15. The van der Waals surface area contributed by atoms with E-state index in [9.17, 15) is 0 Å². The molecule has 0 saturated carbocycles. The van der Waals surface area contributed by atoms with Crippen LogP contribution in [-0.2, 0) is 0 Å². The van der Waals surface area contributed by atoms with Gasteiger partial charge in [0.1, 0.15) is 0 Å². The average Bonchev–Trinajstić information content (AvgIpc) is 1.74. The molecule has 0 radical (unpaired) electrons. The van der Waals surface area contributed by atoms with Crippen molar-refractivity contribution in [3.63, 3.8) is 0 Å². The molecule has 0 bridgehead atoms. The van der Waals surface area contributed by atoms with Crippen LogP contribution in [0.5, 0.6) is 0 Å². The molecule has 0 unspecified atom stereocenters. The molecule has 0 atom stereocenters. The SMILES string of the molecule is c1ccc(-c2ccc(-c3cc(-c4nc(-c5ccccc5)nc(-c5ccccc5)n4)cc(-c4ccc(-c5ccccc5)cc4)c3-n3c4cc(-n5c6ccccc6c6ccccc65)ccc4c4ccc(-n5c6ccccc6c6ccccc65)cc43)cc2)cc1. The first-order chi connectivity index (χ1) is 43.1. The van der Waals surface area contributed by atoms with Gasteiger partial charge in [-0.15, -0.1) is 0 Å². The molecule has 17 rings (SSSR count). The van der Waals surface area contributed by atoms with Gasteiger partial charge in [0, 0.05) is 71.5 Å². The van der Waals surface area contributed by atoms with Crippen LogP contribution in [0.4, 0.5) is 0 Å². The van der Waals surface area contributed by atoms with Gasteiger partial charge >= 0.3 is 0 Å². The second kappa shape index (κ2) is 20.6. The van der Waals surface area contributed by atoms with Crippen molar-refractivity contribution in [2.75, 3.05) is 0 Å². The zero-order valence-corrected chi connectivity index (χ0v) is 47.2. The largest absolute Gasteiger partial charge is 0.309 e. The van der Waals surface area contributed by atoms with Crippen molar-refractivity contribution in [1.29, 1.82) is 0 Å². The highest BCUT2D eigenvalue weighted by Crippen LogP contribution is 2.46. The van der Waals surface area contributed by atoms with Crippen LogP contribution in [0.15, 0.2) is 315 Å². The lowest BCUT2D eigenvalue weighted by Crippen LogP contribution is -2.05. The van der Waals surface area contributed by atoms with Crippen LogP contribution in [0.1, 0.15) is 0 Å². The van der Waals surface area contributed by atoms with Gasteiger partial charge in [-0.25, -0.2) is 15.0 Å². The monoisotopic (exact) mass is 1110 g/mol. The number of para-hydroxylation sites is 4. The Balaban J connectivity index is 1.02. The third-order valence-electron chi connectivity index (χ3n) is 17.3. The summed E-state index contributed by atoms with van der Waals surface area (Å²) in [5, 5.41) is 7.14. The van der Waals surface area contributed by atoms with Gasteiger partial charge in [0.15, 0.2) is 17.5 Å². The maximum Gasteiger partial charge on any atom is 0.164 e. The highest BCUT2D eigenvalue weighted by atomic mass is 15.0. The number of fused-ring (bicyclic) bond motifs is 9. The Hall–Kier alpha value is -11.7. The minimum Gasteiger partial charge on any atom is -0.309 e. The molecule has 0 aliphatic heterocycles. The minimum atomic E-state index is 0.572. The van der Waals surface area contributed by atoms with Crippen LogP contribution in [-0.4, -0.2) is 28.7 Å². The molecule has 406 valence electrons. The minimum absolute atomic E-state index is 0.572. The Morgan fingerprint density at radius 2 is 0.460 bits per heavy atom. The Bertz CT molecular complexity index is 5030. The molecule has 17 aromatic rings. The molecule has 0 spiro atoms. The maximum atomic E-state index is 5.41. The van der Waals surface area contributed by atoms with Gasteiger partial charge in [0.2, 0.25) is 0 Å². The number of nitrogens with zero attached hydrogens (tertiary/aromatic N) is 6.